The summed E-state index contributed by atoms with van der Waals surface area (Å²) in [6, 6.07) is 0. The molecule has 0 N–H and O–H groups in total. The van der Waals surface area contributed by atoms with Crippen molar-refractivity contribution in [2.24, 2.45) is 5.92 Å². The third kappa shape index (κ3) is 2.70. The lowest BCUT2D eigenvalue weighted by Crippen LogP contribution is -2.10. The molecule has 0 aromatic rings. The smallest absolute Gasteiger partial charge is 0.00313 e. The van der Waals surface area contributed by atoms with Gasteiger partial charge in [0.15, 0.2) is 0 Å². The van der Waals surface area contributed by atoms with Crippen molar-refractivity contribution in [3.8, 4) is 0 Å². The SMILES string of the molecule is BrCCCCC1CCC1. The fraction of sp³-hybridized carbons (Fsp3) is 1.00. The monoisotopic (exact) mass is 190 g/mol. The average molecular weight is 191 g/mol. The van der Waals surface area contributed by atoms with Crippen molar-refractivity contribution in [2.75, 3.05) is 5.33 Å². The van der Waals surface area contributed by atoms with E-state index >= 15 is 0 Å². The molecule has 0 radical (unpaired) electrons. The fourth-order valence-corrected chi connectivity index (χ4v) is 1.71. The van der Waals surface area contributed by atoms with Gasteiger partial charge in [-0.3, -0.25) is 0 Å². The van der Waals surface area contributed by atoms with Crippen LogP contribution < -0.4 is 0 Å². The number of rotatable bonds is 4. The summed E-state index contributed by atoms with van der Waals surface area (Å²) in [5.74, 6) is 1.11. The molecule has 0 atom stereocenters. The van der Waals surface area contributed by atoms with Crippen LogP contribution in [0.4, 0.5) is 0 Å². The Hall–Kier alpha value is 0.480. The number of hydrogen-bond donors (Lipinski definition) is 0. The van der Waals surface area contributed by atoms with E-state index in [1.807, 2.05) is 0 Å². The molecule has 1 heteroatoms. The lowest BCUT2D eigenvalue weighted by molar-refractivity contribution is 0.289. The third-order valence-corrected chi connectivity index (χ3v) is 2.78. The maximum absolute atomic E-state index is 3.44. The number of halogens is 1. The van der Waals surface area contributed by atoms with Crippen LogP contribution in [-0.2, 0) is 0 Å². The van der Waals surface area contributed by atoms with E-state index in [1.54, 1.807) is 0 Å². The van der Waals surface area contributed by atoms with Gasteiger partial charge in [0.05, 0.1) is 0 Å². The second kappa shape index (κ2) is 4.32. The average Bonchev–Trinajstić information content (AvgIpc) is 1.76. The third-order valence-electron chi connectivity index (χ3n) is 2.22. The van der Waals surface area contributed by atoms with Crippen molar-refractivity contribution in [1.82, 2.24) is 0 Å². The van der Waals surface area contributed by atoms with Gasteiger partial charge in [-0.1, -0.05) is 48.0 Å². The summed E-state index contributed by atoms with van der Waals surface area (Å²) in [4.78, 5) is 0. The molecule has 0 aromatic heterocycles. The quantitative estimate of drug-likeness (QED) is 0.472. The van der Waals surface area contributed by atoms with Gasteiger partial charge < -0.3 is 0 Å². The van der Waals surface area contributed by atoms with Crippen LogP contribution in [0.2, 0.25) is 0 Å². The van der Waals surface area contributed by atoms with Crippen molar-refractivity contribution in [2.45, 2.75) is 38.5 Å². The Balaban J connectivity index is 1.80. The van der Waals surface area contributed by atoms with E-state index < -0.39 is 0 Å². The molecule has 1 fully saturated rings. The Bertz CT molecular complexity index is 67.0. The van der Waals surface area contributed by atoms with Gasteiger partial charge in [-0.15, -0.1) is 0 Å². The topological polar surface area (TPSA) is 0 Å². The molecular formula is C8H15Br. The minimum absolute atomic E-state index is 1.11. The Labute approximate surface area is 66.2 Å². The molecule has 0 aliphatic heterocycles. The van der Waals surface area contributed by atoms with Crippen LogP contribution in [0.1, 0.15) is 38.5 Å². The van der Waals surface area contributed by atoms with E-state index in [-0.39, 0.29) is 0 Å². The van der Waals surface area contributed by atoms with Gasteiger partial charge in [0.25, 0.3) is 0 Å². The molecule has 1 aliphatic carbocycles. The van der Waals surface area contributed by atoms with E-state index in [1.165, 1.54) is 43.9 Å². The second-order valence-corrected chi connectivity index (χ2v) is 3.77. The van der Waals surface area contributed by atoms with Crippen molar-refractivity contribution in [3.63, 3.8) is 0 Å². The van der Waals surface area contributed by atoms with Gasteiger partial charge in [-0.05, 0) is 12.3 Å². The largest absolute Gasteiger partial charge is 0.0928 e. The molecule has 54 valence electrons. The van der Waals surface area contributed by atoms with Crippen LogP contribution in [0, 0.1) is 5.92 Å². The van der Waals surface area contributed by atoms with E-state index in [2.05, 4.69) is 15.9 Å². The molecule has 1 saturated carbocycles. The highest BCUT2D eigenvalue weighted by molar-refractivity contribution is 9.09. The van der Waals surface area contributed by atoms with Crippen LogP contribution in [0.3, 0.4) is 0 Å². The normalized spacial score (nSPS) is 19.7. The summed E-state index contributed by atoms with van der Waals surface area (Å²) >= 11 is 3.44. The molecule has 0 nitrogen and oxygen atoms in total. The van der Waals surface area contributed by atoms with Gasteiger partial charge in [0, 0.05) is 5.33 Å². The molecule has 0 saturated heterocycles. The minimum Gasteiger partial charge on any atom is -0.0928 e. The second-order valence-electron chi connectivity index (χ2n) is 2.98. The summed E-state index contributed by atoms with van der Waals surface area (Å²) in [5.41, 5.74) is 0. The van der Waals surface area contributed by atoms with Crippen LogP contribution in [0.5, 0.6) is 0 Å². The summed E-state index contributed by atoms with van der Waals surface area (Å²) in [5, 5.41) is 1.19. The molecule has 9 heavy (non-hydrogen) atoms. The molecule has 0 amide bonds. The zero-order chi connectivity index (χ0) is 6.53. The summed E-state index contributed by atoms with van der Waals surface area (Å²) in [6.45, 7) is 0. The van der Waals surface area contributed by atoms with Gasteiger partial charge in [0.2, 0.25) is 0 Å². The Kier molecular flexibility index (Phi) is 3.64. The first-order chi connectivity index (χ1) is 4.43. The van der Waals surface area contributed by atoms with Crippen molar-refractivity contribution in [1.29, 1.82) is 0 Å². The highest BCUT2D eigenvalue weighted by Crippen LogP contribution is 2.30. The van der Waals surface area contributed by atoms with Gasteiger partial charge in [0.1, 0.15) is 0 Å². The van der Waals surface area contributed by atoms with Gasteiger partial charge >= 0.3 is 0 Å². The summed E-state index contributed by atoms with van der Waals surface area (Å²) in [7, 11) is 0. The molecule has 0 aromatic carbocycles. The van der Waals surface area contributed by atoms with E-state index in [0.717, 1.165) is 5.92 Å². The molecule has 0 bridgehead atoms. The highest BCUT2D eigenvalue weighted by atomic mass is 79.9. The van der Waals surface area contributed by atoms with Crippen molar-refractivity contribution >= 4 is 15.9 Å². The lowest BCUT2D eigenvalue weighted by atomic mass is 9.82. The minimum atomic E-state index is 1.11. The Morgan fingerprint density at radius 2 is 2.00 bits per heavy atom. The number of alkyl halides is 1. The summed E-state index contributed by atoms with van der Waals surface area (Å²) < 4.78 is 0. The highest BCUT2D eigenvalue weighted by Gasteiger charge is 2.15. The van der Waals surface area contributed by atoms with Crippen molar-refractivity contribution in [3.05, 3.63) is 0 Å². The predicted molar refractivity (Wildman–Crippen MR) is 45.0 cm³/mol. The molecule has 1 rings (SSSR count). The van der Waals surface area contributed by atoms with E-state index in [9.17, 15) is 0 Å². The van der Waals surface area contributed by atoms with Crippen LogP contribution >= 0.6 is 15.9 Å². The standard InChI is InChI=1S/C8H15Br/c9-7-2-1-4-8-5-3-6-8/h8H,1-7H2. The summed E-state index contributed by atoms with van der Waals surface area (Å²) in [6.07, 6.45) is 8.83. The molecular weight excluding hydrogens is 176 g/mol. The molecule has 0 unspecified atom stereocenters. The van der Waals surface area contributed by atoms with Gasteiger partial charge in [-0.25, -0.2) is 0 Å². The maximum Gasteiger partial charge on any atom is 0.00313 e. The zero-order valence-corrected chi connectivity index (χ0v) is 7.49. The van der Waals surface area contributed by atoms with Crippen LogP contribution in [-0.4, -0.2) is 5.33 Å². The zero-order valence-electron chi connectivity index (χ0n) is 5.91. The van der Waals surface area contributed by atoms with Gasteiger partial charge in [-0.2, -0.15) is 0 Å². The first-order valence-corrected chi connectivity index (χ1v) is 5.11. The van der Waals surface area contributed by atoms with Crippen LogP contribution in [0.25, 0.3) is 0 Å². The fourth-order valence-electron chi connectivity index (χ4n) is 1.31. The van der Waals surface area contributed by atoms with E-state index in [0.29, 0.717) is 0 Å². The molecule has 0 spiro atoms. The number of unbranched alkanes of at least 4 members (excludes halogenated alkanes) is 1. The van der Waals surface area contributed by atoms with E-state index in [4.69, 9.17) is 0 Å². The molecule has 0 heterocycles. The molecule has 1 aliphatic rings. The Morgan fingerprint density at radius 1 is 1.22 bits per heavy atom. The lowest BCUT2D eigenvalue weighted by Gasteiger charge is -2.24. The predicted octanol–water partition coefficient (Wildman–Crippen LogP) is 3.35. The first kappa shape index (κ1) is 7.59. The Morgan fingerprint density at radius 3 is 2.44 bits per heavy atom. The van der Waals surface area contributed by atoms with Crippen molar-refractivity contribution < 1.29 is 0 Å². The first-order valence-electron chi connectivity index (χ1n) is 3.99. The number of hydrogen-bond acceptors (Lipinski definition) is 0. The maximum atomic E-state index is 3.44. The van der Waals surface area contributed by atoms with Crippen LogP contribution in [0.15, 0.2) is 0 Å².